The highest BCUT2D eigenvalue weighted by Gasteiger charge is 2.13. The van der Waals surface area contributed by atoms with Gasteiger partial charge < -0.3 is 10.4 Å². The molecule has 2 N–H and O–H groups in total. The summed E-state index contributed by atoms with van der Waals surface area (Å²) in [6.45, 7) is 6.17. The number of aliphatic hydroxyl groups excluding tert-OH is 1. The summed E-state index contributed by atoms with van der Waals surface area (Å²) in [6, 6.07) is 4.08. The van der Waals surface area contributed by atoms with Crippen molar-refractivity contribution in [3.05, 3.63) is 23.9 Å². The normalized spacial score (nSPS) is 14.8. The Morgan fingerprint density at radius 3 is 2.88 bits per heavy atom. The Morgan fingerprint density at radius 2 is 2.18 bits per heavy atom. The first-order valence-corrected chi connectivity index (χ1v) is 5.80. The van der Waals surface area contributed by atoms with Crippen molar-refractivity contribution in [1.29, 1.82) is 0 Å². The molecule has 0 aliphatic heterocycles. The first-order chi connectivity index (χ1) is 8.10. The third-order valence-corrected chi connectivity index (χ3v) is 2.98. The van der Waals surface area contributed by atoms with Gasteiger partial charge in [-0.25, -0.2) is 4.52 Å². The van der Waals surface area contributed by atoms with Crippen LogP contribution < -0.4 is 5.32 Å². The molecule has 0 fully saturated rings. The molecular weight excluding hydrogens is 216 g/mol. The molecule has 0 aliphatic carbocycles. The van der Waals surface area contributed by atoms with Gasteiger partial charge in [0, 0.05) is 18.8 Å². The number of rotatable bonds is 4. The van der Waals surface area contributed by atoms with Crippen LogP contribution in [0.3, 0.4) is 0 Å². The average Bonchev–Trinajstić information content (AvgIpc) is 2.69. The monoisotopic (exact) mass is 234 g/mol. The molecule has 2 aromatic rings. The summed E-state index contributed by atoms with van der Waals surface area (Å²) in [5.74, 6) is 0.770. The van der Waals surface area contributed by atoms with E-state index in [1.54, 1.807) is 4.52 Å². The minimum Gasteiger partial charge on any atom is -0.396 e. The quantitative estimate of drug-likeness (QED) is 0.841. The van der Waals surface area contributed by atoms with Crippen LogP contribution >= 0.6 is 0 Å². The molecule has 2 unspecified atom stereocenters. The van der Waals surface area contributed by atoms with Gasteiger partial charge in [-0.05, 0) is 31.4 Å². The Balaban J connectivity index is 2.19. The van der Waals surface area contributed by atoms with Crippen molar-refractivity contribution in [2.24, 2.45) is 5.92 Å². The number of pyridine rings is 1. The summed E-state index contributed by atoms with van der Waals surface area (Å²) in [7, 11) is 0. The van der Waals surface area contributed by atoms with Gasteiger partial charge in [0.05, 0.1) is 0 Å². The summed E-state index contributed by atoms with van der Waals surface area (Å²) in [5.41, 5.74) is 1.97. The molecule has 0 spiro atoms. The number of hydrogen-bond donors (Lipinski definition) is 2. The SMILES string of the molecule is Cc1ccc2nc(NC(C)C(C)CO)nn2c1. The summed E-state index contributed by atoms with van der Waals surface area (Å²) < 4.78 is 1.76. The van der Waals surface area contributed by atoms with E-state index in [0.717, 1.165) is 11.2 Å². The molecule has 5 nitrogen and oxygen atoms in total. The lowest BCUT2D eigenvalue weighted by Crippen LogP contribution is -2.26. The van der Waals surface area contributed by atoms with Crippen molar-refractivity contribution in [2.75, 3.05) is 11.9 Å². The second-order valence-corrected chi connectivity index (χ2v) is 4.54. The van der Waals surface area contributed by atoms with Crippen molar-refractivity contribution in [1.82, 2.24) is 14.6 Å². The van der Waals surface area contributed by atoms with E-state index in [2.05, 4.69) is 15.4 Å². The lowest BCUT2D eigenvalue weighted by Gasteiger charge is -2.17. The number of aliphatic hydroxyl groups is 1. The van der Waals surface area contributed by atoms with Crippen LogP contribution in [0.25, 0.3) is 5.65 Å². The lowest BCUT2D eigenvalue weighted by molar-refractivity contribution is 0.226. The maximum atomic E-state index is 9.07. The Morgan fingerprint density at radius 1 is 1.41 bits per heavy atom. The number of anilines is 1. The molecule has 2 aromatic heterocycles. The maximum Gasteiger partial charge on any atom is 0.243 e. The molecule has 0 amide bonds. The standard InChI is InChI=1S/C12H18N4O/c1-8-4-5-11-14-12(15-16(11)6-8)13-10(3)9(2)7-17/h4-6,9-10,17H,7H2,1-3H3,(H,13,15). The van der Waals surface area contributed by atoms with Crippen LogP contribution in [0.5, 0.6) is 0 Å². The van der Waals surface area contributed by atoms with Crippen LogP contribution in [0.2, 0.25) is 0 Å². The molecule has 2 atom stereocenters. The molecule has 0 saturated heterocycles. The number of aryl methyl sites for hydroxylation is 1. The Bertz CT molecular complexity index is 508. The van der Waals surface area contributed by atoms with E-state index in [-0.39, 0.29) is 18.6 Å². The van der Waals surface area contributed by atoms with Crippen molar-refractivity contribution in [3.8, 4) is 0 Å². The van der Waals surface area contributed by atoms with E-state index in [1.807, 2.05) is 39.1 Å². The molecule has 0 aromatic carbocycles. The minimum absolute atomic E-state index is 0.138. The zero-order valence-corrected chi connectivity index (χ0v) is 10.4. The fourth-order valence-electron chi connectivity index (χ4n) is 1.55. The van der Waals surface area contributed by atoms with Gasteiger partial charge in [0.15, 0.2) is 5.65 Å². The van der Waals surface area contributed by atoms with Crippen molar-refractivity contribution < 1.29 is 5.11 Å². The fraction of sp³-hybridized carbons (Fsp3) is 0.500. The summed E-state index contributed by atoms with van der Waals surface area (Å²) in [5, 5.41) is 16.6. The van der Waals surface area contributed by atoms with Crippen LogP contribution in [0.4, 0.5) is 5.95 Å². The number of hydrogen-bond acceptors (Lipinski definition) is 4. The first kappa shape index (κ1) is 11.9. The van der Waals surface area contributed by atoms with Gasteiger partial charge in [-0.15, -0.1) is 5.10 Å². The smallest absolute Gasteiger partial charge is 0.243 e. The van der Waals surface area contributed by atoms with Gasteiger partial charge in [-0.2, -0.15) is 4.98 Å². The van der Waals surface area contributed by atoms with Gasteiger partial charge in [0.25, 0.3) is 0 Å². The van der Waals surface area contributed by atoms with E-state index < -0.39 is 0 Å². The Kier molecular flexibility index (Phi) is 3.28. The van der Waals surface area contributed by atoms with Crippen molar-refractivity contribution in [2.45, 2.75) is 26.8 Å². The molecule has 0 bridgehead atoms. The van der Waals surface area contributed by atoms with Crippen LogP contribution in [0.1, 0.15) is 19.4 Å². The van der Waals surface area contributed by atoms with Gasteiger partial charge in [-0.3, -0.25) is 0 Å². The van der Waals surface area contributed by atoms with Crippen LogP contribution in [0, 0.1) is 12.8 Å². The van der Waals surface area contributed by atoms with Crippen molar-refractivity contribution in [3.63, 3.8) is 0 Å². The first-order valence-electron chi connectivity index (χ1n) is 5.80. The molecular formula is C12H18N4O. The molecule has 0 saturated carbocycles. The molecule has 92 valence electrons. The second-order valence-electron chi connectivity index (χ2n) is 4.54. The summed E-state index contributed by atoms with van der Waals surface area (Å²) in [4.78, 5) is 4.37. The Hall–Kier alpha value is -1.62. The average molecular weight is 234 g/mol. The predicted molar refractivity (Wildman–Crippen MR) is 67.1 cm³/mol. The zero-order chi connectivity index (χ0) is 12.4. The van der Waals surface area contributed by atoms with Gasteiger partial charge in [0.1, 0.15) is 0 Å². The fourth-order valence-corrected chi connectivity index (χ4v) is 1.55. The number of aromatic nitrogens is 3. The van der Waals surface area contributed by atoms with Gasteiger partial charge in [-0.1, -0.05) is 13.0 Å². The lowest BCUT2D eigenvalue weighted by atomic mass is 10.1. The highest BCUT2D eigenvalue weighted by molar-refractivity contribution is 5.44. The van der Waals surface area contributed by atoms with E-state index in [4.69, 9.17) is 5.11 Å². The molecule has 0 radical (unpaired) electrons. The molecule has 17 heavy (non-hydrogen) atoms. The molecule has 2 rings (SSSR count). The van der Waals surface area contributed by atoms with Gasteiger partial charge in [0.2, 0.25) is 5.95 Å². The summed E-state index contributed by atoms with van der Waals surface area (Å²) in [6.07, 6.45) is 1.94. The Labute approximate surface area is 100 Å². The van der Waals surface area contributed by atoms with E-state index in [1.165, 1.54) is 0 Å². The van der Waals surface area contributed by atoms with Crippen LogP contribution in [0.15, 0.2) is 18.3 Å². The van der Waals surface area contributed by atoms with E-state index >= 15 is 0 Å². The molecule has 2 heterocycles. The second kappa shape index (κ2) is 4.71. The maximum absolute atomic E-state index is 9.07. The molecule has 5 heteroatoms. The zero-order valence-electron chi connectivity index (χ0n) is 10.4. The van der Waals surface area contributed by atoms with Crippen molar-refractivity contribution >= 4 is 11.6 Å². The van der Waals surface area contributed by atoms with Gasteiger partial charge >= 0.3 is 0 Å². The van der Waals surface area contributed by atoms with E-state index in [0.29, 0.717) is 5.95 Å². The van der Waals surface area contributed by atoms with E-state index in [9.17, 15) is 0 Å². The van der Waals surface area contributed by atoms with Crippen LogP contribution in [-0.4, -0.2) is 32.4 Å². The van der Waals surface area contributed by atoms with Crippen LogP contribution in [-0.2, 0) is 0 Å². The third-order valence-electron chi connectivity index (χ3n) is 2.98. The predicted octanol–water partition coefficient (Wildman–Crippen LogP) is 1.47. The third kappa shape index (κ3) is 2.55. The highest BCUT2D eigenvalue weighted by atomic mass is 16.3. The topological polar surface area (TPSA) is 62.5 Å². The number of nitrogens with one attached hydrogen (secondary N) is 1. The molecule has 0 aliphatic rings. The highest BCUT2D eigenvalue weighted by Crippen LogP contribution is 2.11. The summed E-state index contributed by atoms with van der Waals surface area (Å²) >= 11 is 0. The minimum atomic E-state index is 0.138. The number of nitrogens with zero attached hydrogens (tertiary/aromatic N) is 3. The number of fused-ring (bicyclic) bond motifs is 1. The largest absolute Gasteiger partial charge is 0.396 e.